The summed E-state index contributed by atoms with van der Waals surface area (Å²) >= 11 is 0. The van der Waals surface area contributed by atoms with E-state index in [0.717, 1.165) is 23.3 Å². The predicted octanol–water partition coefficient (Wildman–Crippen LogP) is 5.29. The molecule has 1 aliphatic heterocycles. The Kier molecular flexibility index (Phi) is 8.30. The van der Waals surface area contributed by atoms with Gasteiger partial charge < -0.3 is 14.6 Å². The van der Waals surface area contributed by atoms with Crippen LogP contribution in [-0.4, -0.2) is 45.7 Å². The number of aromatic nitrogens is 2. The van der Waals surface area contributed by atoms with Crippen LogP contribution in [0.3, 0.4) is 0 Å². The summed E-state index contributed by atoms with van der Waals surface area (Å²) in [5.74, 6) is 0.447. The maximum absolute atomic E-state index is 13.2. The molecule has 0 bridgehead atoms. The largest absolute Gasteiger partial charge is 0.489 e. The molecule has 3 aromatic rings. The van der Waals surface area contributed by atoms with Gasteiger partial charge in [-0.15, -0.1) is 12.4 Å². The number of amides is 1. The number of halogens is 4. The standard InChI is InChI=1S/C25H27F3N4O3.ClH/c1-16(17-7-9-18(10-8-17)22-29-15-30-35-22)31-23(33)24(2,3)32-12-11-21(14-32)34-20-6-4-5-19(13-20)25(26,27)28;/h4-10,13,15-16,21H,11-12,14H2,1-3H3,(H,31,33);1H/t16-,21+;/m0./s1. The van der Waals surface area contributed by atoms with E-state index in [-0.39, 0.29) is 36.2 Å². The van der Waals surface area contributed by atoms with Crippen LogP contribution in [-0.2, 0) is 11.0 Å². The Balaban J connectivity index is 0.00000361. The molecule has 1 fully saturated rings. The Morgan fingerprint density at radius 3 is 2.56 bits per heavy atom. The van der Waals surface area contributed by atoms with Crippen molar-refractivity contribution in [2.24, 2.45) is 0 Å². The van der Waals surface area contributed by atoms with Crippen LogP contribution in [0.1, 0.15) is 44.4 Å². The number of likely N-dealkylation sites (tertiary alicyclic amines) is 1. The Labute approximate surface area is 213 Å². The maximum atomic E-state index is 13.2. The summed E-state index contributed by atoms with van der Waals surface area (Å²) in [4.78, 5) is 19.2. The minimum atomic E-state index is -4.43. The number of nitrogens with one attached hydrogen (secondary N) is 1. The second-order valence-electron chi connectivity index (χ2n) is 9.12. The lowest BCUT2D eigenvalue weighted by Crippen LogP contribution is -2.54. The van der Waals surface area contributed by atoms with Gasteiger partial charge in [-0.3, -0.25) is 9.69 Å². The van der Waals surface area contributed by atoms with Crippen molar-refractivity contribution in [1.29, 1.82) is 0 Å². The first-order valence-electron chi connectivity index (χ1n) is 11.3. The van der Waals surface area contributed by atoms with Crippen LogP contribution in [0.15, 0.2) is 59.4 Å². The van der Waals surface area contributed by atoms with Crippen molar-refractivity contribution < 1.29 is 27.2 Å². The quantitative estimate of drug-likeness (QED) is 0.452. The number of benzene rings is 2. The molecule has 0 aliphatic carbocycles. The topological polar surface area (TPSA) is 80.5 Å². The molecule has 2 atom stereocenters. The second kappa shape index (κ2) is 10.9. The highest BCUT2D eigenvalue weighted by Gasteiger charge is 2.40. The molecular weight excluding hydrogens is 497 g/mol. The van der Waals surface area contributed by atoms with Crippen LogP contribution < -0.4 is 10.1 Å². The number of carbonyl (C=O) groups excluding carboxylic acids is 1. The fourth-order valence-electron chi connectivity index (χ4n) is 4.09. The van der Waals surface area contributed by atoms with Crippen LogP contribution in [0.25, 0.3) is 11.5 Å². The summed E-state index contributed by atoms with van der Waals surface area (Å²) in [5, 5.41) is 6.66. The number of hydrogen-bond donors (Lipinski definition) is 1. The maximum Gasteiger partial charge on any atom is 0.416 e. The van der Waals surface area contributed by atoms with Crippen molar-refractivity contribution in [3.63, 3.8) is 0 Å². The Morgan fingerprint density at radius 2 is 1.92 bits per heavy atom. The number of rotatable bonds is 7. The van der Waals surface area contributed by atoms with Crippen LogP contribution >= 0.6 is 12.4 Å². The molecule has 0 spiro atoms. The summed E-state index contributed by atoms with van der Waals surface area (Å²) in [6.07, 6.45) is -2.79. The van der Waals surface area contributed by atoms with E-state index in [1.807, 2.05) is 49.9 Å². The van der Waals surface area contributed by atoms with E-state index in [2.05, 4.69) is 15.5 Å². The highest BCUT2D eigenvalue weighted by Crippen LogP contribution is 2.32. The van der Waals surface area contributed by atoms with Gasteiger partial charge in [0, 0.05) is 18.7 Å². The first-order chi connectivity index (χ1) is 16.5. The van der Waals surface area contributed by atoms with Gasteiger partial charge in [0.05, 0.1) is 17.1 Å². The van der Waals surface area contributed by atoms with Gasteiger partial charge in [0.25, 0.3) is 5.89 Å². The van der Waals surface area contributed by atoms with E-state index in [4.69, 9.17) is 9.26 Å². The van der Waals surface area contributed by atoms with Crippen molar-refractivity contribution in [2.75, 3.05) is 13.1 Å². The molecular formula is C25H28ClF3N4O3. The Hall–Kier alpha value is -3.11. The van der Waals surface area contributed by atoms with E-state index < -0.39 is 17.3 Å². The summed E-state index contributed by atoms with van der Waals surface area (Å²) in [5.41, 5.74) is 0.131. The van der Waals surface area contributed by atoms with Crippen molar-refractivity contribution in [1.82, 2.24) is 20.4 Å². The van der Waals surface area contributed by atoms with Crippen LogP contribution in [0, 0.1) is 0 Å². The zero-order valence-electron chi connectivity index (χ0n) is 20.1. The molecule has 194 valence electrons. The number of carbonyl (C=O) groups is 1. The molecule has 11 heteroatoms. The third kappa shape index (κ3) is 6.17. The van der Waals surface area contributed by atoms with Gasteiger partial charge in [-0.1, -0.05) is 23.4 Å². The number of alkyl halides is 3. The van der Waals surface area contributed by atoms with Crippen molar-refractivity contribution in [2.45, 2.75) is 51.1 Å². The second-order valence-corrected chi connectivity index (χ2v) is 9.12. The fourth-order valence-corrected chi connectivity index (χ4v) is 4.09. The summed E-state index contributed by atoms with van der Waals surface area (Å²) in [7, 11) is 0. The van der Waals surface area contributed by atoms with E-state index in [1.54, 1.807) is 0 Å². The summed E-state index contributed by atoms with van der Waals surface area (Å²) in [6.45, 7) is 6.60. The molecule has 7 nitrogen and oxygen atoms in total. The molecule has 0 saturated carbocycles. The molecule has 1 saturated heterocycles. The molecule has 1 amide bonds. The molecule has 0 unspecified atom stereocenters. The molecule has 1 N–H and O–H groups in total. The molecule has 2 aromatic carbocycles. The lowest BCUT2D eigenvalue weighted by Gasteiger charge is -2.35. The Morgan fingerprint density at radius 1 is 1.19 bits per heavy atom. The van der Waals surface area contributed by atoms with Gasteiger partial charge in [0.2, 0.25) is 5.91 Å². The number of nitrogens with zero attached hydrogens (tertiary/aromatic N) is 3. The van der Waals surface area contributed by atoms with Crippen LogP contribution in [0.4, 0.5) is 13.2 Å². The molecule has 1 aromatic heterocycles. The number of hydrogen-bond acceptors (Lipinski definition) is 6. The van der Waals surface area contributed by atoms with Gasteiger partial charge in [0.15, 0.2) is 6.33 Å². The summed E-state index contributed by atoms with van der Waals surface area (Å²) in [6, 6.07) is 12.1. The Bertz CT molecular complexity index is 1150. The summed E-state index contributed by atoms with van der Waals surface area (Å²) < 4.78 is 49.8. The average molecular weight is 525 g/mol. The molecule has 2 heterocycles. The minimum Gasteiger partial charge on any atom is -0.489 e. The normalized spacial score (nSPS) is 17.3. The van der Waals surface area contributed by atoms with Crippen molar-refractivity contribution in [3.05, 3.63) is 66.0 Å². The van der Waals surface area contributed by atoms with Gasteiger partial charge in [-0.2, -0.15) is 18.2 Å². The monoisotopic (exact) mass is 524 g/mol. The highest BCUT2D eigenvalue weighted by atomic mass is 35.5. The highest BCUT2D eigenvalue weighted by molar-refractivity contribution is 5.86. The van der Waals surface area contributed by atoms with E-state index in [0.29, 0.717) is 25.4 Å². The first kappa shape index (κ1) is 27.5. The van der Waals surface area contributed by atoms with Crippen LogP contribution in [0.2, 0.25) is 0 Å². The lowest BCUT2D eigenvalue weighted by atomic mass is 10.00. The van der Waals surface area contributed by atoms with Crippen molar-refractivity contribution in [3.8, 4) is 17.2 Å². The molecule has 36 heavy (non-hydrogen) atoms. The first-order valence-corrected chi connectivity index (χ1v) is 11.3. The van der Waals surface area contributed by atoms with Crippen molar-refractivity contribution >= 4 is 18.3 Å². The molecule has 4 rings (SSSR count). The molecule has 0 radical (unpaired) electrons. The zero-order valence-corrected chi connectivity index (χ0v) is 20.9. The molecule has 1 aliphatic rings. The number of ether oxygens (including phenoxy) is 1. The third-order valence-corrected chi connectivity index (χ3v) is 6.32. The third-order valence-electron chi connectivity index (χ3n) is 6.32. The van der Waals surface area contributed by atoms with Gasteiger partial charge in [-0.25, -0.2) is 0 Å². The average Bonchev–Trinajstić information content (AvgIpc) is 3.52. The van der Waals surface area contributed by atoms with Gasteiger partial charge in [-0.05, 0) is 63.1 Å². The fraction of sp³-hybridized carbons (Fsp3) is 0.400. The van der Waals surface area contributed by atoms with E-state index >= 15 is 0 Å². The predicted molar refractivity (Wildman–Crippen MR) is 130 cm³/mol. The van der Waals surface area contributed by atoms with Gasteiger partial charge >= 0.3 is 6.18 Å². The SMILES string of the molecule is C[C@H](NC(=O)C(C)(C)N1CC[C@@H](Oc2cccc(C(F)(F)F)c2)C1)c1ccc(-c2ncno2)cc1.Cl. The zero-order chi connectivity index (χ0) is 25.2. The lowest BCUT2D eigenvalue weighted by molar-refractivity contribution is -0.137. The minimum absolute atomic E-state index is 0. The van der Waals surface area contributed by atoms with E-state index in [9.17, 15) is 18.0 Å². The van der Waals surface area contributed by atoms with E-state index in [1.165, 1.54) is 18.5 Å². The smallest absolute Gasteiger partial charge is 0.416 e. The van der Waals surface area contributed by atoms with Gasteiger partial charge in [0.1, 0.15) is 11.9 Å². The van der Waals surface area contributed by atoms with Crippen LogP contribution in [0.5, 0.6) is 5.75 Å².